The van der Waals surface area contributed by atoms with Crippen molar-refractivity contribution in [3.8, 4) is 0 Å². The number of halogens is 4. The Labute approximate surface area is 116 Å². The van der Waals surface area contributed by atoms with Crippen LogP contribution in [0.5, 0.6) is 0 Å². The first-order chi connectivity index (χ1) is 7.99. The average Bonchev–Trinajstić information content (AvgIpc) is 2.30. The minimum absolute atomic E-state index is 0.110. The summed E-state index contributed by atoms with van der Waals surface area (Å²) in [4.78, 5) is 14.9. The van der Waals surface area contributed by atoms with Crippen LogP contribution in [0.1, 0.15) is 23.4 Å². The topological polar surface area (TPSA) is 39.2 Å². The van der Waals surface area contributed by atoms with E-state index >= 15 is 0 Å². The van der Waals surface area contributed by atoms with Gasteiger partial charge in [-0.05, 0) is 34.2 Å². The molecule has 0 radical (unpaired) electrons. The molecule has 1 aromatic rings. The number of methoxy groups -OCH3 is 1. The molecule has 0 aromatic carbocycles. The van der Waals surface area contributed by atoms with Crippen LogP contribution in [0.25, 0.3) is 0 Å². The van der Waals surface area contributed by atoms with Gasteiger partial charge in [0.15, 0.2) is 0 Å². The molecule has 94 valence electrons. The summed E-state index contributed by atoms with van der Waals surface area (Å²) in [6.45, 7) is 0. The maximum atomic E-state index is 12.6. The third kappa shape index (κ3) is 3.74. The van der Waals surface area contributed by atoms with Crippen molar-refractivity contribution in [3.63, 3.8) is 0 Å². The van der Waals surface area contributed by atoms with Crippen LogP contribution >= 0.6 is 34.2 Å². The van der Waals surface area contributed by atoms with E-state index in [2.05, 4.69) is 9.72 Å². The molecule has 0 atom stereocenters. The van der Waals surface area contributed by atoms with Crippen molar-refractivity contribution in [3.05, 3.63) is 26.6 Å². The molecular weight excluding hydrogens is 366 g/mol. The quantitative estimate of drug-likeness (QED) is 0.461. The van der Waals surface area contributed by atoms with Gasteiger partial charge in [-0.3, -0.25) is 4.79 Å². The monoisotopic (exact) mass is 375 g/mol. The Morgan fingerprint density at radius 3 is 2.76 bits per heavy atom. The van der Waals surface area contributed by atoms with Gasteiger partial charge in [0.25, 0.3) is 6.43 Å². The summed E-state index contributed by atoms with van der Waals surface area (Å²) in [5.74, 6) is -0.427. The first-order valence-electron chi connectivity index (χ1n) is 4.58. The number of esters is 1. The van der Waals surface area contributed by atoms with E-state index in [-0.39, 0.29) is 23.7 Å². The Hall–Kier alpha value is -0.500. The molecule has 1 rings (SSSR count). The van der Waals surface area contributed by atoms with Crippen molar-refractivity contribution in [1.29, 1.82) is 0 Å². The van der Waals surface area contributed by atoms with Gasteiger partial charge < -0.3 is 4.74 Å². The molecular formula is C10H9ClF2INO2. The Morgan fingerprint density at radius 1 is 1.65 bits per heavy atom. The van der Waals surface area contributed by atoms with Gasteiger partial charge in [-0.25, -0.2) is 13.8 Å². The van der Waals surface area contributed by atoms with Crippen molar-refractivity contribution >= 4 is 40.2 Å². The molecule has 0 spiro atoms. The van der Waals surface area contributed by atoms with E-state index < -0.39 is 12.4 Å². The second kappa shape index (κ2) is 6.44. The van der Waals surface area contributed by atoms with E-state index in [0.717, 1.165) is 0 Å². The highest BCUT2D eigenvalue weighted by molar-refractivity contribution is 14.1. The first-order valence-corrected chi connectivity index (χ1v) is 6.20. The summed E-state index contributed by atoms with van der Waals surface area (Å²) in [7, 11) is 1.23. The van der Waals surface area contributed by atoms with Crippen LogP contribution in [-0.4, -0.2) is 18.1 Å². The zero-order valence-electron chi connectivity index (χ0n) is 8.84. The van der Waals surface area contributed by atoms with E-state index in [0.29, 0.717) is 9.13 Å². The summed E-state index contributed by atoms with van der Waals surface area (Å²) < 4.78 is 30.1. The number of carbonyl (C=O) groups is 1. The lowest BCUT2D eigenvalue weighted by molar-refractivity contribution is -0.139. The molecule has 7 heteroatoms. The van der Waals surface area contributed by atoms with Crippen molar-refractivity contribution in [2.24, 2.45) is 0 Å². The average molecular weight is 376 g/mol. The normalized spacial score (nSPS) is 10.7. The lowest BCUT2D eigenvalue weighted by Crippen LogP contribution is -2.11. The summed E-state index contributed by atoms with van der Waals surface area (Å²) in [5.41, 5.74) is 0.465. The number of hydrogen-bond acceptors (Lipinski definition) is 3. The Morgan fingerprint density at radius 2 is 2.29 bits per heavy atom. The molecule has 0 fully saturated rings. The Balaban J connectivity index is 3.16. The zero-order chi connectivity index (χ0) is 13.0. The number of carbonyl (C=O) groups excluding carboxylic acids is 1. The van der Waals surface area contributed by atoms with Crippen LogP contribution < -0.4 is 0 Å². The van der Waals surface area contributed by atoms with Crippen LogP contribution in [0.15, 0.2) is 6.07 Å². The van der Waals surface area contributed by atoms with E-state index in [4.69, 9.17) is 11.6 Å². The molecule has 17 heavy (non-hydrogen) atoms. The van der Waals surface area contributed by atoms with Crippen LogP contribution in [0, 0.1) is 3.57 Å². The highest BCUT2D eigenvalue weighted by atomic mass is 127. The third-order valence-corrected chi connectivity index (χ3v) is 3.21. The molecule has 0 saturated carbocycles. The molecule has 0 aliphatic carbocycles. The molecule has 1 aromatic heterocycles. The Kier molecular flexibility index (Phi) is 5.51. The van der Waals surface area contributed by atoms with Gasteiger partial charge in [0.2, 0.25) is 0 Å². The number of hydrogen-bond donors (Lipinski definition) is 0. The standard InChI is InChI=1S/C10H9ClF2INO2/c1-17-8(16)3-7-5(4-11)2-6(14)9(15-7)10(12)13/h2,10H,3-4H2,1H3. The highest BCUT2D eigenvalue weighted by Crippen LogP contribution is 2.25. The fourth-order valence-electron chi connectivity index (χ4n) is 1.21. The predicted octanol–water partition coefficient (Wildman–Crippen LogP) is 3.08. The fraction of sp³-hybridized carbons (Fsp3) is 0.400. The summed E-state index contributed by atoms with van der Waals surface area (Å²) in [5, 5.41) is 0. The molecule has 1 heterocycles. The lowest BCUT2D eigenvalue weighted by atomic mass is 10.1. The van der Waals surface area contributed by atoms with Gasteiger partial charge in [-0.15, -0.1) is 11.6 Å². The second-order valence-corrected chi connectivity index (χ2v) is 4.58. The van der Waals surface area contributed by atoms with Gasteiger partial charge >= 0.3 is 5.97 Å². The number of nitrogens with zero attached hydrogens (tertiary/aromatic N) is 1. The van der Waals surface area contributed by atoms with Crippen LogP contribution in [0.2, 0.25) is 0 Å². The smallest absolute Gasteiger partial charge is 0.311 e. The lowest BCUT2D eigenvalue weighted by Gasteiger charge is -2.10. The zero-order valence-corrected chi connectivity index (χ0v) is 11.8. The number of pyridine rings is 1. The largest absolute Gasteiger partial charge is 0.469 e. The molecule has 0 saturated heterocycles. The maximum absolute atomic E-state index is 12.6. The van der Waals surface area contributed by atoms with Gasteiger partial charge in [-0.2, -0.15) is 0 Å². The fourth-order valence-corrected chi connectivity index (χ4v) is 2.17. The summed E-state index contributed by atoms with van der Waals surface area (Å²) in [6.07, 6.45) is -2.84. The molecule has 0 unspecified atom stereocenters. The van der Waals surface area contributed by atoms with Crippen molar-refractivity contribution in [2.75, 3.05) is 7.11 Å². The van der Waals surface area contributed by atoms with Gasteiger partial charge in [0.1, 0.15) is 5.69 Å². The van der Waals surface area contributed by atoms with Crippen LogP contribution in [-0.2, 0) is 21.8 Å². The van der Waals surface area contributed by atoms with Crippen LogP contribution in [0.3, 0.4) is 0 Å². The van der Waals surface area contributed by atoms with Crippen molar-refractivity contribution < 1.29 is 18.3 Å². The molecule has 0 aliphatic heterocycles. The number of ether oxygens (including phenoxy) is 1. The van der Waals surface area contributed by atoms with Crippen LogP contribution in [0.4, 0.5) is 8.78 Å². The molecule has 0 bridgehead atoms. The number of rotatable bonds is 4. The molecule has 0 amide bonds. The molecule has 3 nitrogen and oxygen atoms in total. The van der Waals surface area contributed by atoms with Gasteiger partial charge in [-0.1, -0.05) is 0 Å². The van der Waals surface area contributed by atoms with E-state index in [1.165, 1.54) is 13.2 Å². The summed E-state index contributed by atoms with van der Waals surface area (Å²) in [6, 6.07) is 1.51. The molecule has 0 aliphatic rings. The van der Waals surface area contributed by atoms with Crippen molar-refractivity contribution in [2.45, 2.75) is 18.7 Å². The van der Waals surface area contributed by atoms with E-state index in [1.54, 1.807) is 22.6 Å². The van der Waals surface area contributed by atoms with Crippen molar-refractivity contribution in [1.82, 2.24) is 4.98 Å². The first kappa shape index (κ1) is 14.6. The molecule has 0 N–H and O–H groups in total. The second-order valence-electron chi connectivity index (χ2n) is 3.15. The minimum Gasteiger partial charge on any atom is -0.469 e. The van der Waals surface area contributed by atoms with E-state index in [1.807, 2.05) is 0 Å². The van der Waals surface area contributed by atoms with Gasteiger partial charge in [0.05, 0.1) is 19.2 Å². The maximum Gasteiger partial charge on any atom is 0.311 e. The number of alkyl halides is 3. The SMILES string of the molecule is COC(=O)Cc1nc(C(F)F)c(I)cc1CCl. The number of aromatic nitrogens is 1. The van der Waals surface area contributed by atoms with E-state index in [9.17, 15) is 13.6 Å². The highest BCUT2D eigenvalue weighted by Gasteiger charge is 2.18. The van der Waals surface area contributed by atoms with Gasteiger partial charge in [0, 0.05) is 9.45 Å². The minimum atomic E-state index is -2.68. The predicted molar refractivity (Wildman–Crippen MR) is 67.2 cm³/mol. The summed E-state index contributed by atoms with van der Waals surface area (Å²) >= 11 is 7.45. The third-order valence-electron chi connectivity index (χ3n) is 2.06. The Bertz CT molecular complexity index is 429.